The van der Waals surface area contributed by atoms with E-state index in [1.54, 1.807) is 11.8 Å². The Balaban J connectivity index is 0.000000980. The Labute approximate surface area is 126 Å². The molecule has 14 heavy (non-hydrogen) atoms. The van der Waals surface area contributed by atoms with Gasteiger partial charge in [0.2, 0.25) is 0 Å². The molecule has 2 aromatic rings. The third-order valence-corrected chi connectivity index (χ3v) is 2.07. The van der Waals surface area contributed by atoms with Crippen LogP contribution in [0.3, 0.4) is 0 Å². The molecule has 0 spiro atoms. The summed E-state index contributed by atoms with van der Waals surface area (Å²) in [6.07, 6.45) is 1.94. The standard InChI is InChI=1S/C10H11N2O.K/c1-7-4-5-9(13-3)8-6-12(2)11-10(7)8;/h4,6H,1-3H3;/q-1;+1. The Hall–Kier alpha value is 0.126. The number of hydrogen-bond donors (Lipinski definition) is 0. The van der Waals surface area contributed by atoms with Gasteiger partial charge in [-0.25, -0.2) is 5.10 Å². The monoisotopic (exact) mass is 214 g/mol. The van der Waals surface area contributed by atoms with E-state index in [9.17, 15) is 0 Å². The number of hydrogen-bond acceptors (Lipinski definition) is 2. The minimum atomic E-state index is 0. The Morgan fingerprint density at radius 2 is 2.21 bits per heavy atom. The average molecular weight is 214 g/mol. The van der Waals surface area contributed by atoms with E-state index >= 15 is 0 Å². The number of nitrogens with zero attached hydrogens (tertiary/aromatic N) is 2. The van der Waals surface area contributed by atoms with Crippen molar-refractivity contribution in [1.29, 1.82) is 0 Å². The minimum absolute atomic E-state index is 0. The van der Waals surface area contributed by atoms with Gasteiger partial charge in [-0.05, 0) is 17.1 Å². The molecule has 0 N–H and O–H groups in total. The number of ether oxygens (including phenoxy) is 1. The molecule has 0 unspecified atom stereocenters. The van der Waals surface area contributed by atoms with Gasteiger partial charge in [0.1, 0.15) is 0 Å². The van der Waals surface area contributed by atoms with E-state index in [-0.39, 0.29) is 51.4 Å². The summed E-state index contributed by atoms with van der Waals surface area (Å²) in [7, 11) is 3.55. The van der Waals surface area contributed by atoms with Crippen LogP contribution < -0.4 is 56.1 Å². The van der Waals surface area contributed by atoms with Crippen LogP contribution in [0.15, 0.2) is 12.3 Å². The van der Waals surface area contributed by atoms with Gasteiger partial charge < -0.3 is 4.74 Å². The summed E-state index contributed by atoms with van der Waals surface area (Å²) in [6.45, 7) is 2.02. The van der Waals surface area contributed by atoms with E-state index in [1.165, 1.54) is 0 Å². The largest absolute Gasteiger partial charge is 1.00 e. The van der Waals surface area contributed by atoms with Gasteiger partial charge in [-0.3, -0.25) is 4.68 Å². The summed E-state index contributed by atoms with van der Waals surface area (Å²) < 4.78 is 6.97. The van der Waals surface area contributed by atoms with Gasteiger partial charge in [-0.15, -0.1) is 11.6 Å². The molecule has 0 aliphatic carbocycles. The maximum Gasteiger partial charge on any atom is 1.00 e. The van der Waals surface area contributed by atoms with Gasteiger partial charge in [0.25, 0.3) is 0 Å². The molecule has 0 radical (unpaired) electrons. The first-order valence-corrected chi connectivity index (χ1v) is 4.11. The molecule has 68 valence electrons. The Kier molecular flexibility index (Phi) is 4.15. The summed E-state index contributed by atoms with van der Waals surface area (Å²) in [5.74, 6) is 0.758. The molecule has 4 heteroatoms. The number of aromatic nitrogens is 2. The van der Waals surface area contributed by atoms with Crippen LogP contribution in [-0.2, 0) is 7.05 Å². The van der Waals surface area contributed by atoms with Gasteiger partial charge in [-0.1, -0.05) is 6.92 Å². The fraction of sp³-hybridized carbons (Fsp3) is 0.300. The fourth-order valence-corrected chi connectivity index (χ4v) is 1.43. The molecule has 1 aromatic carbocycles. The normalized spacial score (nSPS) is 9.93. The first kappa shape index (κ1) is 12.2. The van der Waals surface area contributed by atoms with Crippen LogP contribution in [0.1, 0.15) is 5.56 Å². The Bertz CT molecular complexity index is 451. The summed E-state index contributed by atoms with van der Waals surface area (Å²) in [4.78, 5) is 0. The predicted octanol–water partition coefficient (Wildman–Crippen LogP) is -1.31. The third-order valence-electron chi connectivity index (χ3n) is 2.07. The van der Waals surface area contributed by atoms with Crippen LogP contribution in [-0.4, -0.2) is 16.9 Å². The van der Waals surface area contributed by atoms with Crippen molar-refractivity contribution in [2.24, 2.45) is 7.05 Å². The smallest absolute Gasteiger partial charge is 0.522 e. The Morgan fingerprint density at radius 1 is 1.50 bits per heavy atom. The summed E-state index contributed by atoms with van der Waals surface area (Å²) in [5, 5.41) is 5.36. The summed E-state index contributed by atoms with van der Waals surface area (Å²) in [5.41, 5.74) is 2.11. The average Bonchev–Trinajstić information content (AvgIpc) is 2.48. The van der Waals surface area contributed by atoms with E-state index in [0.717, 1.165) is 22.2 Å². The molecule has 2 rings (SSSR count). The van der Waals surface area contributed by atoms with Crippen molar-refractivity contribution in [1.82, 2.24) is 9.78 Å². The van der Waals surface area contributed by atoms with Crippen molar-refractivity contribution < 1.29 is 56.1 Å². The topological polar surface area (TPSA) is 27.1 Å². The molecule has 1 aromatic heterocycles. The van der Waals surface area contributed by atoms with Crippen LogP contribution in [0.2, 0.25) is 0 Å². The first-order chi connectivity index (χ1) is 6.22. The second-order valence-corrected chi connectivity index (χ2v) is 3.07. The van der Waals surface area contributed by atoms with Gasteiger partial charge in [-0.2, -0.15) is 6.07 Å². The fourth-order valence-electron chi connectivity index (χ4n) is 1.43. The molecule has 0 saturated carbocycles. The second-order valence-electron chi connectivity index (χ2n) is 3.07. The molecule has 0 fully saturated rings. The molecule has 0 bridgehead atoms. The van der Waals surface area contributed by atoms with E-state index < -0.39 is 0 Å². The number of benzene rings is 1. The predicted molar refractivity (Wildman–Crippen MR) is 50.8 cm³/mol. The van der Waals surface area contributed by atoms with E-state index in [1.807, 2.05) is 26.2 Å². The number of rotatable bonds is 1. The molecule has 0 amide bonds. The molecule has 0 saturated heterocycles. The molecule has 1 heterocycles. The van der Waals surface area contributed by atoms with Crippen molar-refractivity contribution in [2.75, 3.05) is 7.11 Å². The Morgan fingerprint density at radius 3 is 2.86 bits per heavy atom. The van der Waals surface area contributed by atoms with E-state index in [0.29, 0.717) is 0 Å². The molecular weight excluding hydrogens is 203 g/mol. The third kappa shape index (κ3) is 2.04. The van der Waals surface area contributed by atoms with Crippen molar-refractivity contribution >= 4 is 10.9 Å². The zero-order valence-corrected chi connectivity index (χ0v) is 12.1. The van der Waals surface area contributed by atoms with Crippen LogP contribution in [0, 0.1) is 13.0 Å². The van der Waals surface area contributed by atoms with Crippen molar-refractivity contribution in [3.8, 4) is 5.75 Å². The minimum Gasteiger partial charge on any atom is -0.522 e. The summed E-state index contributed by atoms with van der Waals surface area (Å²) >= 11 is 0. The van der Waals surface area contributed by atoms with Crippen LogP contribution in [0.4, 0.5) is 0 Å². The zero-order chi connectivity index (χ0) is 9.42. The van der Waals surface area contributed by atoms with Crippen molar-refractivity contribution in [2.45, 2.75) is 6.92 Å². The van der Waals surface area contributed by atoms with Gasteiger partial charge in [0.05, 0.1) is 7.11 Å². The quantitative estimate of drug-likeness (QED) is 0.435. The van der Waals surface area contributed by atoms with E-state index in [4.69, 9.17) is 4.74 Å². The van der Waals surface area contributed by atoms with E-state index in [2.05, 4.69) is 11.2 Å². The maximum atomic E-state index is 5.19. The van der Waals surface area contributed by atoms with Crippen LogP contribution >= 0.6 is 0 Å². The molecule has 0 aliphatic heterocycles. The van der Waals surface area contributed by atoms with Crippen molar-refractivity contribution in [3.63, 3.8) is 0 Å². The maximum absolute atomic E-state index is 5.19. The molecule has 3 nitrogen and oxygen atoms in total. The van der Waals surface area contributed by atoms with Gasteiger partial charge >= 0.3 is 51.4 Å². The summed E-state index contributed by atoms with van der Waals surface area (Å²) in [6, 6.07) is 4.96. The van der Waals surface area contributed by atoms with Crippen LogP contribution in [0.25, 0.3) is 10.9 Å². The molecule has 0 aliphatic rings. The second kappa shape index (κ2) is 4.77. The van der Waals surface area contributed by atoms with Crippen LogP contribution in [0.5, 0.6) is 5.75 Å². The van der Waals surface area contributed by atoms with Crippen molar-refractivity contribution in [3.05, 3.63) is 23.9 Å². The molecular formula is C10H11KN2O. The molecule has 0 atom stereocenters. The SMILES string of the molecule is COc1[c-]cc(C)c2nn(C)cc12.[K+]. The number of aryl methyl sites for hydroxylation is 2. The van der Waals surface area contributed by atoms with Gasteiger partial charge in [0.15, 0.2) is 0 Å². The number of methoxy groups -OCH3 is 1. The number of fused-ring (bicyclic) bond motifs is 1. The van der Waals surface area contributed by atoms with Gasteiger partial charge in [0, 0.05) is 12.8 Å². The zero-order valence-electron chi connectivity index (χ0n) is 8.96. The first-order valence-electron chi connectivity index (χ1n) is 4.11.